The van der Waals surface area contributed by atoms with E-state index in [4.69, 9.17) is 11.6 Å². The lowest BCUT2D eigenvalue weighted by atomic mass is 10.1. The molecule has 0 aromatic carbocycles. The maximum absolute atomic E-state index is 12.2. The minimum Gasteiger partial charge on any atom is -0.310 e. The molecule has 3 aromatic heterocycles. The van der Waals surface area contributed by atoms with Crippen molar-refractivity contribution < 1.29 is 4.79 Å². The van der Waals surface area contributed by atoms with Crippen LogP contribution in [-0.2, 0) is 10.3 Å². The van der Waals surface area contributed by atoms with E-state index in [1.807, 2.05) is 26.9 Å². The van der Waals surface area contributed by atoms with Crippen LogP contribution in [0, 0.1) is 0 Å². The number of hydrogen-bond donors (Lipinski definition) is 1. The van der Waals surface area contributed by atoms with Crippen LogP contribution in [0.1, 0.15) is 37.3 Å². The largest absolute Gasteiger partial charge is 0.310 e. The summed E-state index contributed by atoms with van der Waals surface area (Å²) in [6.07, 6.45) is 3.79. The number of amides is 1. The van der Waals surface area contributed by atoms with Crippen LogP contribution in [0.2, 0.25) is 5.15 Å². The summed E-state index contributed by atoms with van der Waals surface area (Å²) < 4.78 is 3.86. The lowest BCUT2D eigenvalue weighted by molar-refractivity contribution is -0.113. The predicted molar refractivity (Wildman–Crippen MR) is 98.2 cm³/mol. The third-order valence-corrected chi connectivity index (χ3v) is 6.13. The van der Waals surface area contributed by atoms with E-state index in [-0.39, 0.29) is 16.7 Å². The van der Waals surface area contributed by atoms with Crippen molar-refractivity contribution in [1.82, 2.24) is 19.2 Å². The molecule has 1 amide bonds. The molecule has 1 N–H and O–H groups in total. The fourth-order valence-electron chi connectivity index (χ4n) is 2.84. The van der Waals surface area contributed by atoms with Gasteiger partial charge in [-0.15, -0.1) is 23.1 Å². The molecule has 4 heterocycles. The van der Waals surface area contributed by atoms with Gasteiger partial charge in [-0.25, -0.2) is 9.67 Å². The number of hydrogen-bond acceptors (Lipinski definition) is 5. The van der Waals surface area contributed by atoms with Crippen molar-refractivity contribution in [1.29, 1.82) is 0 Å². The minimum absolute atomic E-state index is 0.0306. The highest BCUT2D eigenvalue weighted by Crippen LogP contribution is 2.45. The molecule has 24 heavy (non-hydrogen) atoms. The first-order valence-corrected chi connectivity index (χ1v) is 9.77. The first-order valence-electron chi connectivity index (χ1n) is 7.47. The van der Waals surface area contributed by atoms with E-state index in [1.54, 1.807) is 11.8 Å². The molecule has 126 valence electrons. The van der Waals surface area contributed by atoms with Crippen LogP contribution < -0.4 is 5.32 Å². The standard InChI is InChI=1S/C15H16ClN5OS2/c1-15(2,3)21-13-8(6-17-21)11(24-7-9(22)18-13)10-12(16)19-14-20(10)4-5-23-14/h4-6,11H,7H2,1-3H3,(H,18,22)/t11-/m1/s1. The number of nitrogens with zero attached hydrogens (tertiary/aromatic N) is 4. The van der Waals surface area contributed by atoms with Gasteiger partial charge in [0, 0.05) is 17.1 Å². The highest BCUT2D eigenvalue weighted by molar-refractivity contribution is 8.00. The third kappa shape index (κ3) is 2.44. The van der Waals surface area contributed by atoms with Crippen LogP contribution in [0.4, 0.5) is 5.82 Å². The van der Waals surface area contributed by atoms with Crippen molar-refractivity contribution in [2.45, 2.75) is 31.6 Å². The van der Waals surface area contributed by atoms with Gasteiger partial charge in [-0.05, 0) is 20.8 Å². The van der Waals surface area contributed by atoms with Crippen molar-refractivity contribution in [3.05, 3.63) is 34.2 Å². The Kier molecular flexibility index (Phi) is 3.67. The Morgan fingerprint density at radius 3 is 2.96 bits per heavy atom. The molecule has 0 spiro atoms. The summed E-state index contributed by atoms with van der Waals surface area (Å²) in [7, 11) is 0. The van der Waals surface area contributed by atoms with Gasteiger partial charge in [0.05, 0.1) is 28.4 Å². The fraction of sp³-hybridized carbons (Fsp3) is 0.400. The zero-order valence-electron chi connectivity index (χ0n) is 13.4. The number of carbonyl (C=O) groups excluding carboxylic acids is 1. The summed E-state index contributed by atoms with van der Waals surface area (Å²) in [5.41, 5.74) is 1.61. The monoisotopic (exact) mass is 381 g/mol. The van der Waals surface area contributed by atoms with E-state index in [2.05, 4.69) is 36.2 Å². The van der Waals surface area contributed by atoms with Gasteiger partial charge in [-0.1, -0.05) is 11.6 Å². The van der Waals surface area contributed by atoms with Crippen LogP contribution >= 0.6 is 34.7 Å². The Morgan fingerprint density at radius 1 is 1.42 bits per heavy atom. The number of halogens is 1. The van der Waals surface area contributed by atoms with E-state index in [9.17, 15) is 4.79 Å². The molecule has 0 fully saturated rings. The first-order chi connectivity index (χ1) is 11.4. The molecule has 1 aliphatic rings. The van der Waals surface area contributed by atoms with Crippen molar-refractivity contribution in [3.8, 4) is 0 Å². The van der Waals surface area contributed by atoms with E-state index in [1.165, 1.54) is 11.3 Å². The Morgan fingerprint density at radius 2 is 2.21 bits per heavy atom. The smallest absolute Gasteiger partial charge is 0.235 e. The molecule has 0 saturated carbocycles. The highest BCUT2D eigenvalue weighted by atomic mass is 35.5. The Balaban J connectivity index is 1.92. The van der Waals surface area contributed by atoms with Gasteiger partial charge in [0.15, 0.2) is 10.1 Å². The number of imidazole rings is 1. The summed E-state index contributed by atoms with van der Waals surface area (Å²) in [5, 5.41) is 9.87. The van der Waals surface area contributed by atoms with E-state index in [0.717, 1.165) is 22.0 Å². The molecule has 4 rings (SSSR count). The SMILES string of the molecule is CC(C)(C)n1ncc2c1NC(=O)CS[C@H]2c1c(Cl)nc2sccn12. The molecular weight excluding hydrogens is 366 g/mol. The van der Waals surface area contributed by atoms with Crippen molar-refractivity contribution >= 4 is 51.4 Å². The summed E-state index contributed by atoms with van der Waals surface area (Å²) in [6.45, 7) is 6.17. The normalized spacial score (nSPS) is 18.5. The zero-order valence-corrected chi connectivity index (χ0v) is 15.8. The number of carbonyl (C=O) groups is 1. The van der Waals surface area contributed by atoms with Gasteiger partial charge in [0.1, 0.15) is 5.82 Å². The second-order valence-corrected chi connectivity index (χ2v) is 8.94. The van der Waals surface area contributed by atoms with E-state index < -0.39 is 0 Å². The number of thioether (sulfide) groups is 1. The van der Waals surface area contributed by atoms with Crippen LogP contribution in [0.25, 0.3) is 4.96 Å². The molecule has 0 aliphatic carbocycles. The van der Waals surface area contributed by atoms with Crippen molar-refractivity contribution in [2.24, 2.45) is 0 Å². The average Bonchev–Trinajstić information content (AvgIpc) is 3.13. The van der Waals surface area contributed by atoms with Crippen LogP contribution in [0.3, 0.4) is 0 Å². The van der Waals surface area contributed by atoms with E-state index >= 15 is 0 Å². The summed E-state index contributed by atoms with van der Waals surface area (Å²) in [4.78, 5) is 17.5. The highest BCUT2D eigenvalue weighted by Gasteiger charge is 2.33. The lowest BCUT2D eigenvalue weighted by Gasteiger charge is -2.23. The minimum atomic E-state index is -0.237. The second-order valence-electron chi connectivity index (χ2n) is 6.61. The Labute approximate surface area is 152 Å². The molecule has 0 radical (unpaired) electrons. The maximum Gasteiger partial charge on any atom is 0.235 e. The fourth-order valence-corrected chi connectivity index (χ4v) is 5.08. The zero-order chi connectivity index (χ0) is 17.1. The van der Waals surface area contributed by atoms with Gasteiger partial charge in [-0.2, -0.15) is 5.10 Å². The van der Waals surface area contributed by atoms with Gasteiger partial charge in [0.2, 0.25) is 5.91 Å². The molecule has 9 heteroatoms. The van der Waals surface area contributed by atoms with E-state index in [0.29, 0.717) is 10.9 Å². The molecule has 0 saturated heterocycles. The molecule has 1 aliphatic heterocycles. The maximum atomic E-state index is 12.2. The second kappa shape index (κ2) is 5.50. The molecule has 3 aromatic rings. The summed E-state index contributed by atoms with van der Waals surface area (Å²) in [6, 6.07) is 0. The number of fused-ring (bicyclic) bond motifs is 2. The van der Waals surface area contributed by atoms with Gasteiger partial charge in [-0.3, -0.25) is 9.20 Å². The molecule has 1 atom stereocenters. The lowest BCUT2D eigenvalue weighted by Crippen LogP contribution is -2.27. The number of nitrogens with one attached hydrogen (secondary N) is 1. The number of aromatic nitrogens is 4. The third-order valence-electron chi connectivity index (χ3n) is 3.86. The molecular formula is C15H16ClN5OS2. The number of rotatable bonds is 1. The van der Waals surface area contributed by atoms with Crippen LogP contribution in [-0.4, -0.2) is 30.8 Å². The quantitative estimate of drug-likeness (QED) is 0.696. The average molecular weight is 382 g/mol. The molecule has 0 bridgehead atoms. The van der Waals surface area contributed by atoms with Crippen LogP contribution in [0.5, 0.6) is 0 Å². The van der Waals surface area contributed by atoms with Gasteiger partial charge < -0.3 is 5.32 Å². The van der Waals surface area contributed by atoms with Crippen LogP contribution in [0.15, 0.2) is 17.8 Å². The van der Waals surface area contributed by atoms with Crippen molar-refractivity contribution in [3.63, 3.8) is 0 Å². The summed E-state index contributed by atoms with van der Waals surface area (Å²) in [5.74, 6) is 1.07. The molecule has 6 nitrogen and oxygen atoms in total. The van der Waals surface area contributed by atoms with Gasteiger partial charge in [0.25, 0.3) is 0 Å². The van der Waals surface area contributed by atoms with Gasteiger partial charge >= 0.3 is 0 Å². The number of thiazole rings is 1. The summed E-state index contributed by atoms with van der Waals surface area (Å²) >= 11 is 9.50. The predicted octanol–water partition coefficient (Wildman–Crippen LogP) is 3.78. The Bertz CT molecular complexity index is 936. The van der Waals surface area contributed by atoms with Crippen molar-refractivity contribution in [2.75, 3.05) is 11.1 Å². The molecule has 0 unspecified atom stereocenters. The Hall–Kier alpha value is -1.51. The topological polar surface area (TPSA) is 64.2 Å². The first kappa shape index (κ1) is 16.0. The number of anilines is 1.